The maximum absolute atomic E-state index is 11.7. The first kappa shape index (κ1) is 24.5. The smallest absolute Gasteiger partial charge is 0.303 e. The Balaban J connectivity index is 1.52. The van der Waals surface area contributed by atoms with Crippen LogP contribution in [-0.2, 0) is 19.1 Å². The van der Waals surface area contributed by atoms with Crippen molar-refractivity contribution in [1.29, 1.82) is 0 Å². The summed E-state index contributed by atoms with van der Waals surface area (Å²) in [7, 11) is -3.46. The zero-order valence-corrected chi connectivity index (χ0v) is 20.9. The highest BCUT2D eigenvalue weighted by molar-refractivity contribution is 7.86. The molecule has 32 heavy (non-hydrogen) atoms. The molecule has 0 aromatic carbocycles. The Labute approximate surface area is 193 Å². The number of carboxylic acid groups (broad SMARTS) is 1. The van der Waals surface area contributed by atoms with E-state index in [0.717, 1.165) is 64.0 Å². The van der Waals surface area contributed by atoms with Gasteiger partial charge in [-0.3, -0.25) is 8.98 Å². The molecule has 0 heterocycles. The summed E-state index contributed by atoms with van der Waals surface area (Å²) in [6, 6.07) is 0. The molecule has 0 aromatic rings. The highest BCUT2D eigenvalue weighted by Crippen LogP contribution is 2.68. The van der Waals surface area contributed by atoms with Crippen molar-refractivity contribution in [2.75, 3.05) is 6.26 Å². The monoisotopic (exact) mass is 470 g/mol. The number of carboxylic acids is 1. The molecule has 4 aliphatic carbocycles. The van der Waals surface area contributed by atoms with Gasteiger partial charge in [0, 0.05) is 6.42 Å². The van der Waals surface area contributed by atoms with Crippen LogP contribution in [0.15, 0.2) is 0 Å². The van der Waals surface area contributed by atoms with Gasteiger partial charge in [0.25, 0.3) is 10.1 Å². The third-order valence-corrected chi connectivity index (χ3v) is 11.1. The molecule has 1 unspecified atom stereocenters. The van der Waals surface area contributed by atoms with Gasteiger partial charge < -0.3 is 10.2 Å². The number of hydrogen-bond acceptors (Lipinski definition) is 5. The molecule has 2 N–H and O–H groups in total. The Morgan fingerprint density at radius 3 is 2.38 bits per heavy atom. The number of hydrogen-bond donors (Lipinski definition) is 2. The second kappa shape index (κ2) is 8.53. The third kappa shape index (κ3) is 4.26. The minimum Gasteiger partial charge on any atom is -0.481 e. The fourth-order valence-electron chi connectivity index (χ4n) is 9.05. The van der Waals surface area contributed by atoms with Crippen molar-refractivity contribution in [2.24, 2.45) is 46.3 Å². The van der Waals surface area contributed by atoms with E-state index in [2.05, 4.69) is 20.8 Å². The Hall–Kier alpha value is -0.660. The van der Waals surface area contributed by atoms with Gasteiger partial charge in [0.1, 0.15) is 0 Å². The van der Waals surface area contributed by atoms with Gasteiger partial charge >= 0.3 is 5.97 Å². The van der Waals surface area contributed by atoms with Crippen LogP contribution < -0.4 is 0 Å². The van der Waals surface area contributed by atoms with Crippen molar-refractivity contribution >= 4 is 16.1 Å². The molecule has 0 spiro atoms. The van der Waals surface area contributed by atoms with E-state index in [9.17, 15) is 18.3 Å². The van der Waals surface area contributed by atoms with Crippen molar-refractivity contribution in [2.45, 2.75) is 97.2 Å². The van der Waals surface area contributed by atoms with E-state index >= 15 is 0 Å². The standard InChI is InChI=1S/C25H42O6S/c1-15(5-8-22(27)28)18-6-7-19-23-20(10-12-25(18,19)3)24(2)11-9-17(31-32(4,29)30)13-16(24)14-21(23)26/h15-21,23,26H,5-14H2,1-4H3,(H,27,28)/t15-,16?,17+,18-,19+,20+,21+,23+,24+,25-/m1/s1. The molecule has 0 aliphatic heterocycles. The minimum absolute atomic E-state index is 0.135. The molecule has 184 valence electrons. The Morgan fingerprint density at radius 2 is 1.72 bits per heavy atom. The molecule has 0 saturated heterocycles. The molecule has 10 atom stereocenters. The van der Waals surface area contributed by atoms with Crippen LogP contribution in [0, 0.1) is 46.3 Å². The molecular formula is C25H42O6S. The lowest BCUT2D eigenvalue weighted by atomic mass is 9.43. The van der Waals surface area contributed by atoms with E-state index < -0.39 is 16.1 Å². The van der Waals surface area contributed by atoms with Crippen molar-refractivity contribution < 1.29 is 27.6 Å². The van der Waals surface area contributed by atoms with Gasteiger partial charge in [0.15, 0.2) is 0 Å². The number of aliphatic hydroxyl groups is 1. The van der Waals surface area contributed by atoms with Gasteiger partial charge in [0.05, 0.1) is 18.5 Å². The predicted molar refractivity (Wildman–Crippen MR) is 122 cm³/mol. The van der Waals surface area contributed by atoms with Gasteiger partial charge in [0.2, 0.25) is 0 Å². The number of aliphatic hydroxyl groups excluding tert-OH is 1. The van der Waals surface area contributed by atoms with Gasteiger partial charge in [-0.2, -0.15) is 8.42 Å². The summed E-state index contributed by atoms with van der Waals surface area (Å²) in [5.74, 6) is 1.79. The molecule has 4 fully saturated rings. The van der Waals surface area contributed by atoms with Crippen LogP contribution in [-0.4, -0.2) is 43.1 Å². The highest BCUT2D eigenvalue weighted by atomic mass is 32.2. The van der Waals surface area contributed by atoms with Crippen molar-refractivity contribution in [3.63, 3.8) is 0 Å². The molecule has 0 bridgehead atoms. The van der Waals surface area contributed by atoms with Gasteiger partial charge in [-0.25, -0.2) is 0 Å². The van der Waals surface area contributed by atoms with Gasteiger partial charge in [-0.1, -0.05) is 20.8 Å². The van der Waals surface area contributed by atoms with Crippen LogP contribution in [0.5, 0.6) is 0 Å². The molecule has 0 radical (unpaired) electrons. The summed E-state index contributed by atoms with van der Waals surface area (Å²) in [5, 5.41) is 20.5. The number of carbonyl (C=O) groups is 1. The van der Waals surface area contributed by atoms with E-state index in [1.807, 2.05) is 0 Å². The van der Waals surface area contributed by atoms with Crippen molar-refractivity contribution in [3.05, 3.63) is 0 Å². The first-order chi connectivity index (χ1) is 14.8. The van der Waals surface area contributed by atoms with E-state index in [4.69, 9.17) is 9.29 Å². The van der Waals surface area contributed by atoms with Crippen LogP contribution in [0.25, 0.3) is 0 Å². The molecule has 0 aromatic heterocycles. The van der Waals surface area contributed by atoms with Gasteiger partial charge in [-0.05, 0) is 104 Å². The van der Waals surface area contributed by atoms with E-state index in [1.165, 1.54) is 0 Å². The summed E-state index contributed by atoms with van der Waals surface area (Å²) < 4.78 is 28.7. The average molecular weight is 471 g/mol. The molecule has 6 nitrogen and oxygen atoms in total. The molecular weight excluding hydrogens is 428 g/mol. The first-order valence-electron chi connectivity index (χ1n) is 12.6. The second-order valence-corrected chi connectivity index (χ2v) is 13.7. The third-order valence-electron chi connectivity index (χ3n) is 10.5. The van der Waals surface area contributed by atoms with E-state index in [1.54, 1.807) is 0 Å². The Bertz CT molecular complexity index is 826. The fraction of sp³-hybridized carbons (Fsp3) is 0.960. The minimum atomic E-state index is -3.46. The van der Waals surface area contributed by atoms with Crippen LogP contribution >= 0.6 is 0 Å². The largest absolute Gasteiger partial charge is 0.481 e. The van der Waals surface area contributed by atoms with Crippen LogP contribution in [0.4, 0.5) is 0 Å². The normalized spacial score (nSPS) is 47.2. The van der Waals surface area contributed by atoms with Crippen molar-refractivity contribution in [3.8, 4) is 0 Å². The quantitative estimate of drug-likeness (QED) is 0.556. The molecule has 7 heteroatoms. The number of aliphatic carboxylic acids is 1. The molecule has 4 rings (SSSR count). The summed E-state index contributed by atoms with van der Waals surface area (Å²) in [6.45, 7) is 7.04. The zero-order valence-electron chi connectivity index (χ0n) is 20.1. The fourth-order valence-corrected chi connectivity index (χ4v) is 9.71. The Morgan fingerprint density at radius 1 is 1.06 bits per heavy atom. The molecule has 4 saturated carbocycles. The summed E-state index contributed by atoms with van der Waals surface area (Å²) in [5.41, 5.74) is 0.315. The zero-order chi connectivity index (χ0) is 23.5. The van der Waals surface area contributed by atoms with E-state index in [0.29, 0.717) is 35.5 Å². The highest BCUT2D eigenvalue weighted by Gasteiger charge is 2.63. The van der Waals surface area contributed by atoms with Crippen LogP contribution in [0.2, 0.25) is 0 Å². The lowest BCUT2D eigenvalue weighted by Gasteiger charge is -2.62. The lowest BCUT2D eigenvalue weighted by Crippen LogP contribution is -2.58. The lowest BCUT2D eigenvalue weighted by molar-refractivity contribution is -0.172. The maximum atomic E-state index is 11.7. The summed E-state index contributed by atoms with van der Waals surface area (Å²) in [6.07, 6.45) is 9.25. The second-order valence-electron chi connectivity index (χ2n) is 12.1. The average Bonchev–Trinajstić information content (AvgIpc) is 3.03. The van der Waals surface area contributed by atoms with Crippen LogP contribution in [0.3, 0.4) is 0 Å². The number of fused-ring (bicyclic) bond motifs is 5. The topological polar surface area (TPSA) is 101 Å². The number of rotatable bonds is 6. The molecule has 4 aliphatic rings. The summed E-state index contributed by atoms with van der Waals surface area (Å²) in [4.78, 5) is 11.1. The van der Waals surface area contributed by atoms with E-state index in [-0.39, 0.29) is 29.5 Å². The van der Waals surface area contributed by atoms with Gasteiger partial charge in [-0.15, -0.1) is 0 Å². The summed E-state index contributed by atoms with van der Waals surface area (Å²) >= 11 is 0. The Kier molecular flexibility index (Phi) is 6.52. The SMILES string of the molecule is C[C@H](CCC(=O)O)[C@H]1CC[C@H]2[C@@H]3[C@@H](O)CC4C[C@@H](OS(C)(=O)=O)CC[C@]4(C)[C@H]3CC[C@]12C. The molecule has 0 amide bonds. The van der Waals surface area contributed by atoms with Crippen molar-refractivity contribution in [1.82, 2.24) is 0 Å². The van der Waals surface area contributed by atoms with Crippen LogP contribution in [0.1, 0.15) is 85.0 Å². The first-order valence-corrected chi connectivity index (χ1v) is 14.4. The predicted octanol–water partition coefficient (Wildman–Crippen LogP) is 4.46. The maximum Gasteiger partial charge on any atom is 0.303 e.